The first kappa shape index (κ1) is 29.9. The van der Waals surface area contributed by atoms with Crippen molar-refractivity contribution in [2.24, 2.45) is 0 Å². The minimum atomic E-state index is 1.13. The number of thiophene rings is 1. The van der Waals surface area contributed by atoms with Gasteiger partial charge in [-0.2, -0.15) is 0 Å². The highest BCUT2D eigenvalue weighted by Crippen LogP contribution is 2.44. The third kappa shape index (κ3) is 5.77. The van der Waals surface area contributed by atoms with E-state index in [0.29, 0.717) is 0 Å². The van der Waals surface area contributed by atoms with Crippen LogP contribution >= 0.6 is 11.3 Å². The molecule has 0 amide bonds. The molecule has 0 aliphatic heterocycles. The summed E-state index contributed by atoms with van der Waals surface area (Å²) >= 11 is 1.85. The fourth-order valence-electron chi connectivity index (χ4n) is 6.85. The van der Waals surface area contributed by atoms with E-state index in [0.717, 1.165) is 11.4 Å². The number of anilines is 3. The van der Waals surface area contributed by atoms with Gasteiger partial charge in [0.25, 0.3) is 0 Å². The lowest BCUT2D eigenvalue weighted by atomic mass is 9.99. The van der Waals surface area contributed by atoms with Crippen LogP contribution in [0.4, 0.5) is 16.4 Å². The molecule has 0 unspecified atom stereocenters. The summed E-state index contributed by atoms with van der Waals surface area (Å²) in [4.78, 5) is 2.39. The van der Waals surface area contributed by atoms with E-state index in [-0.39, 0.29) is 0 Å². The minimum Gasteiger partial charge on any atom is -0.302 e. The molecule has 0 bridgehead atoms. The molecule has 2 heteroatoms. The zero-order chi connectivity index (χ0) is 33.3. The van der Waals surface area contributed by atoms with E-state index in [4.69, 9.17) is 0 Å². The van der Waals surface area contributed by atoms with Crippen LogP contribution in [0.5, 0.6) is 0 Å². The predicted molar refractivity (Wildman–Crippen MR) is 216 cm³/mol. The van der Waals surface area contributed by atoms with Crippen molar-refractivity contribution in [3.8, 4) is 44.5 Å². The zero-order valence-corrected chi connectivity index (χ0v) is 28.2. The van der Waals surface area contributed by atoms with Crippen molar-refractivity contribution in [1.29, 1.82) is 0 Å². The van der Waals surface area contributed by atoms with Gasteiger partial charge in [-0.3, -0.25) is 0 Å². The first-order chi connectivity index (χ1) is 24.8. The molecule has 0 atom stereocenters. The van der Waals surface area contributed by atoms with Crippen LogP contribution in [0.3, 0.4) is 0 Å². The van der Waals surface area contributed by atoms with Gasteiger partial charge in [-0.05, 0) is 91.0 Å². The van der Waals surface area contributed by atoms with Gasteiger partial charge in [0.15, 0.2) is 0 Å². The Kier molecular flexibility index (Phi) is 7.77. The van der Waals surface area contributed by atoms with Gasteiger partial charge in [-0.15, -0.1) is 11.3 Å². The third-order valence-corrected chi connectivity index (χ3v) is 10.7. The lowest BCUT2D eigenvalue weighted by Crippen LogP contribution is -2.08. The molecule has 1 aromatic heterocycles. The average Bonchev–Trinajstić information content (AvgIpc) is 3.64. The Hall–Kier alpha value is -6.22. The molecule has 0 aliphatic rings. The van der Waals surface area contributed by atoms with Gasteiger partial charge in [0.05, 0.1) is 0 Å². The van der Waals surface area contributed by atoms with Crippen LogP contribution in [0.15, 0.2) is 200 Å². The molecule has 0 spiro atoms. The van der Waals surface area contributed by atoms with Gasteiger partial charge >= 0.3 is 0 Å². The van der Waals surface area contributed by atoms with Crippen molar-refractivity contribution in [2.45, 2.75) is 0 Å². The summed E-state index contributed by atoms with van der Waals surface area (Å²) in [6, 6.07) is 72.3. The number of rotatable bonds is 7. The SMILES string of the molecule is c1ccc(-c2ccc(-c3ccc(N(c4ccc(-c5ccc(-c6ccccc6)cc5)cc4)c4cc5ccc6ccccc6c5s4)cc3)cc2)cc1. The van der Waals surface area contributed by atoms with Crippen LogP contribution in [0, 0.1) is 0 Å². The van der Waals surface area contributed by atoms with Gasteiger partial charge in [-0.25, -0.2) is 0 Å². The Morgan fingerprint density at radius 3 is 1.12 bits per heavy atom. The number of hydrogen-bond acceptors (Lipinski definition) is 2. The summed E-state index contributed by atoms with van der Waals surface area (Å²) in [7, 11) is 0. The molecule has 9 aromatic rings. The molecule has 236 valence electrons. The van der Waals surface area contributed by atoms with Gasteiger partial charge in [0.2, 0.25) is 0 Å². The van der Waals surface area contributed by atoms with Crippen LogP contribution in [0.1, 0.15) is 0 Å². The molecule has 50 heavy (non-hydrogen) atoms. The summed E-state index contributed by atoms with van der Waals surface area (Å²) < 4.78 is 1.31. The maximum atomic E-state index is 2.39. The molecule has 0 fully saturated rings. The minimum absolute atomic E-state index is 1.13. The zero-order valence-electron chi connectivity index (χ0n) is 27.4. The predicted octanol–water partition coefficient (Wildman–Crippen LogP) is 14.2. The van der Waals surface area contributed by atoms with E-state index in [1.54, 1.807) is 0 Å². The molecular weight excluding hydrogens is 623 g/mol. The molecule has 0 N–H and O–H groups in total. The number of hydrogen-bond donors (Lipinski definition) is 0. The standard InChI is InChI=1S/C48H33NS/c1-3-9-34(10-4-1)36-15-19-38(20-16-36)40-25-29-44(30-26-40)49(47-33-43-24-23-42-13-7-8-14-46(42)48(43)50-47)45-31-27-41(28-32-45)39-21-17-37(18-22-39)35-11-5-2-6-12-35/h1-33H. The maximum absolute atomic E-state index is 2.39. The molecule has 9 rings (SSSR count). The highest BCUT2D eigenvalue weighted by atomic mass is 32.1. The van der Waals surface area contributed by atoms with E-state index in [9.17, 15) is 0 Å². The van der Waals surface area contributed by atoms with Crippen LogP contribution in [0.2, 0.25) is 0 Å². The van der Waals surface area contributed by atoms with Crippen molar-refractivity contribution >= 4 is 48.6 Å². The second-order valence-electron chi connectivity index (χ2n) is 12.6. The van der Waals surface area contributed by atoms with Crippen LogP contribution < -0.4 is 4.90 Å². The van der Waals surface area contributed by atoms with Crippen LogP contribution in [0.25, 0.3) is 65.4 Å². The summed E-state index contributed by atoms with van der Waals surface area (Å²) in [5.74, 6) is 0. The quantitative estimate of drug-likeness (QED) is 0.165. The Morgan fingerprint density at radius 1 is 0.300 bits per heavy atom. The Labute approximate surface area is 297 Å². The first-order valence-electron chi connectivity index (χ1n) is 17.0. The molecule has 0 saturated heterocycles. The molecule has 0 saturated carbocycles. The topological polar surface area (TPSA) is 3.24 Å². The number of benzene rings is 8. The van der Waals surface area contributed by atoms with Gasteiger partial charge in [0.1, 0.15) is 5.00 Å². The number of nitrogens with zero attached hydrogens (tertiary/aromatic N) is 1. The van der Waals surface area contributed by atoms with Gasteiger partial charge < -0.3 is 4.90 Å². The van der Waals surface area contributed by atoms with Crippen molar-refractivity contribution in [1.82, 2.24) is 0 Å². The highest BCUT2D eigenvalue weighted by molar-refractivity contribution is 7.23. The summed E-state index contributed by atoms with van der Waals surface area (Å²) in [5.41, 5.74) is 12.0. The molecular formula is C48H33NS. The largest absolute Gasteiger partial charge is 0.302 e. The lowest BCUT2D eigenvalue weighted by Gasteiger charge is -2.24. The average molecular weight is 656 g/mol. The van der Waals surface area contributed by atoms with Crippen molar-refractivity contribution in [3.63, 3.8) is 0 Å². The van der Waals surface area contributed by atoms with Crippen LogP contribution in [-0.4, -0.2) is 0 Å². The Balaban J connectivity index is 1.07. The molecule has 0 aliphatic carbocycles. The Bertz CT molecular complexity index is 2410. The summed E-state index contributed by atoms with van der Waals surface area (Å²) in [6.07, 6.45) is 0. The van der Waals surface area contributed by atoms with E-state index in [1.165, 1.54) is 70.4 Å². The van der Waals surface area contributed by atoms with E-state index in [1.807, 2.05) is 11.3 Å². The van der Waals surface area contributed by atoms with Crippen molar-refractivity contribution in [3.05, 3.63) is 200 Å². The first-order valence-corrected chi connectivity index (χ1v) is 17.8. The number of fused-ring (bicyclic) bond motifs is 3. The fraction of sp³-hybridized carbons (Fsp3) is 0. The second-order valence-corrected chi connectivity index (χ2v) is 13.6. The lowest BCUT2D eigenvalue weighted by molar-refractivity contribution is 1.32. The van der Waals surface area contributed by atoms with Crippen LogP contribution in [-0.2, 0) is 0 Å². The third-order valence-electron chi connectivity index (χ3n) is 9.52. The van der Waals surface area contributed by atoms with Crippen molar-refractivity contribution in [2.75, 3.05) is 4.90 Å². The molecule has 1 nitrogen and oxygen atoms in total. The second kappa shape index (κ2) is 13.0. The van der Waals surface area contributed by atoms with Gasteiger partial charge in [0, 0.05) is 16.1 Å². The molecule has 0 radical (unpaired) electrons. The van der Waals surface area contributed by atoms with Crippen molar-refractivity contribution < 1.29 is 0 Å². The van der Waals surface area contributed by atoms with E-state index in [2.05, 4.69) is 205 Å². The fourth-order valence-corrected chi connectivity index (χ4v) is 8.08. The highest BCUT2D eigenvalue weighted by Gasteiger charge is 2.17. The summed E-state index contributed by atoms with van der Waals surface area (Å²) in [5, 5.41) is 5.02. The summed E-state index contributed by atoms with van der Waals surface area (Å²) in [6.45, 7) is 0. The van der Waals surface area contributed by atoms with E-state index >= 15 is 0 Å². The Morgan fingerprint density at radius 2 is 0.660 bits per heavy atom. The molecule has 8 aromatic carbocycles. The van der Waals surface area contributed by atoms with E-state index < -0.39 is 0 Å². The monoisotopic (exact) mass is 655 g/mol. The maximum Gasteiger partial charge on any atom is 0.101 e. The smallest absolute Gasteiger partial charge is 0.101 e. The normalized spacial score (nSPS) is 11.2. The molecule has 1 heterocycles. The van der Waals surface area contributed by atoms with Gasteiger partial charge in [-0.1, -0.05) is 170 Å².